The predicted octanol–water partition coefficient (Wildman–Crippen LogP) is 6.43. The molecule has 0 saturated heterocycles. The summed E-state index contributed by atoms with van der Waals surface area (Å²) >= 11 is 1.25. The fraction of sp³-hybridized carbons (Fsp3) is 0.188. The number of fused-ring (bicyclic) bond motifs is 2. The summed E-state index contributed by atoms with van der Waals surface area (Å²) in [7, 11) is 0. The van der Waals surface area contributed by atoms with Crippen LogP contribution in [0.1, 0.15) is 23.1 Å². The van der Waals surface area contributed by atoms with Crippen LogP contribution in [-0.2, 0) is 11.3 Å². The SMILES string of the molecule is Cc1cccc(OCCCn2cc(/C=C3/C(=N)N4N=C(COc5ccccc5C)SC4=NC3=O)c3ccccc32)c1. The molecule has 4 aromatic rings. The second-order valence-corrected chi connectivity index (χ2v) is 10.9. The number of ether oxygens (including phenoxy) is 2. The maximum Gasteiger partial charge on any atom is 0.283 e. The average molecular weight is 564 g/mol. The van der Waals surface area contributed by atoms with Crippen LogP contribution in [-0.4, -0.2) is 44.7 Å². The van der Waals surface area contributed by atoms with E-state index in [2.05, 4.69) is 20.7 Å². The van der Waals surface area contributed by atoms with E-state index in [9.17, 15) is 4.79 Å². The summed E-state index contributed by atoms with van der Waals surface area (Å²) in [6.45, 7) is 5.60. The molecule has 2 aliphatic heterocycles. The largest absolute Gasteiger partial charge is 0.494 e. The van der Waals surface area contributed by atoms with Crippen molar-refractivity contribution >= 4 is 50.7 Å². The molecule has 3 heterocycles. The number of amides is 1. The summed E-state index contributed by atoms with van der Waals surface area (Å²) in [4.78, 5) is 17.3. The number of benzene rings is 3. The Morgan fingerprint density at radius 1 is 1.00 bits per heavy atom. The molecule has 0 spiro atoms. The van der Waals surface area contributed by atoms with Gasteiger partial charge in [0.05, 0.1) is 12.2 Å². The van der Waals surface area contributed by atoms with Crippen molar-refractivity contribution in [2.24, 2.45) is 10.1 Å². The fourth-order valence-corrected chi connectivity index (χ4v) is 5.61. The molecule has 41 heavy (non-hydrogen) atoms. The molecular weight excluding hydrogens is 534 g/mol. The van der Waals surface area contributed by atoms with E-state index in [0.717, 1.165) is 46.5 Å². The number of hydrazone groups is 1. The lowest BCUT2D eigenvalue weighted by atomic mass is 10.1. The number of thioether (sulfide) groups is 1. The highest BCUT2D eigenvalue weighted by molar-refractivity contribution is 8.27. The summed E-state index contributed by atoms with van der Waals surface area (Å²) in [5.41, 5.74) is 4.30. The molecule has 0 atom stereocenters. The molecule has 1 amide bonds. The zero-order chi connectivity index (χ0) is 28.3. The number of hydrogen-bond donors (Lipinski definition) is 1. The summed E-state index contributed by atoms with van der Waals surface area (Å²) in [6, 6.07) is 23.9. The van der Waals surface area contributed by atoms with E-state index in [4.69, 9.17) is 14.9 Å². The van der Waals surface area contributed by atoms with Gasteiger partial charge < -0.3 is 14.0 Å². The van der Waals surface area contributed by atoms with Crippen LogP contribution < -0.4 is 9.47 Å². The molecule has 1 aromatic heterocycles. The third-order valence-electron chi connectivity index (χ3n) is 6.86. The molecule has 0 radical (unpaired) electrons. The molecule has 2 aliphatic rings. The summed E-state index contributed by atoms with van der Waals surface area (Å²) < 4.78 is 14.0. The van der Waals surface area contributed by atoms with Crippen molar-refractivity contribution in [1.29, 1.82) is 5.41 Å². The monoisotopic (exact) mass is 563 g/mol. The molecule has 6 rings (SSSR count). The predicted molar refractivity (Wildman–Crippen MR) is 165 cm³/mol. The molecule has 3 aromatic carbocycles. The molecule has 0 saturated carbocycles. The van der Waals surface area contributed by atoms with Crippen LogP contribution in [0.3, 0.4) is 0 Å². The molecule has 8 nitrogen and oxygen atoms in total. The Kier molecular flexibility index (Phi) is 7.43. The van der Waals surface area contributed by atoms with E-state index in [0.29, 0.717) is 16.8 Å². The normalized spacial score (nSPS) is 15.8. The van der Waals surface area contributed by atoms with Crippen molar-refractivity contribution in [2.45, 2.75) is 26.8 Å². The van der Waals surface area contributed by atoms with Crippen molar-refractivity contribution < 1.29 is 14.3 Å². The lowest BCUT2D eigenvalue weighted by Crippen LogP contribution is -2.35. The van der Waals surface area contributed by atoms with Crippen LogP contribution >= 0.6 is 11.8 Å². The van der Waals surface area contributed by atoms with E-state index in [1.807, 2.05) is 86.8 Å². The van der Waals surface area contributed by atoms with Gasteiger partial charge in [-0.05, 0) is 73.5 Å². The third kappa shape index (κ3) is 5.67. The quantitative estimate of drug-likeness (QED) is 0.187. The Balaban J connectivity index is 1.18. The number of hydrogen-bond acceptors (Lipinski definition) is 6. The van der Waals surface area contributed by atoms with Gasteiger partial charge in [0.25, 0.3) is 5.91 Å². The summed E-state index contributed by atoms with van der Waals surface area (Å²) in [5, 5.41) is 16.7. The second-order valence-electron chi connectivity index (χ2n) is 9.88. The van der Waals surface area contributed by atoms with Gasteiger partial charge in [-0.2, -0.15) is 15.1 Å². The highest BCUT2D eigenvalue weighted by Gasteiger charge is 2.36. The van der Waals surface area contributed by atoms with Gasteiger partial charge in [0.2, 0.25) is 5.17 Å². The van der Waals surface area contributed by atoms with E-state index in [1.54, 1.807) is 6.08 Å². The fourth-order valence-electron chi connectivity index (χ4n) is 4.81. The molecule has 0 bridgehead atoms. The minimum absolute atomic E-state index is 0.00165. The molecule has 0 unspecified atom stereocenters. The minimum Gasteiger partial charge on any atom is -0.494 e. The van der Waals surface area contributed by atoms with Crippen LogP contribution in [0, 0.1) is 19.3 Å². The van der Waals surface area contributed by atoms with Crippen LogP contribution in [0.5, 0.6) is 11.5 Å². The van der Waals surface area contributed by atoms with E-state index in [-0.39, 0.29) is 18.0 Å². The first-order valence-electron chi connectivity index (χ1n) is 13.4. The Bertz CT molecular complexity index is 1750. The molecule has 206 valence electrons. The number of aromatic nitrogens is 1. The van der Waals surface area contributed by atoms with Gasteiger partial charge in [0.15, 0.2) is 5.84 Å². The van der Waals surface area contributed by atoms with Crippen LogP contribution in [0.2, 0.25) is 0 Å². The van der Waals surface area contributed by atoms with Gasteiger partial charge in [0, 0.05) is 29.2 Å². The van der Waals surface area contributed by atoms with Gasteiger partial charge in [-0.1, -0.05) is 48.5 Å². The first-order valence-corrected chi connectivity index (χ1v) is 14.2. The van der Waals surface area contributed by atoms with Gasteiger partial charge in [-0.15, -0.1) is 0 Å². The zero-order valence-corrected chi connectivity index (χ0v) is 23.6. The topological polar surface area (TPSA) is 92.3 Å². The molecule has 0 fully saturated rings. The number of aliphatic imine (C=N–C) groups is 1. The summed E-state index contributed by atoms with van der Waals surface area (Å²) in [5.74, 6) is 1.19. The number of para-hydroxylation sites is 2. The standard InChI is InChI=1S/C32H29N5O3S/c1-21-9-7-11-24(17-21)39-16-8-15-36-19-23(25-12-4-5-13-27(25)36)18-26-30(33)37-32(34-31(26)38)41-29(35-37)20-40-28-14-6-3-10-22(28)2/h3-7,9-14,17-19,33H,8,15-16,20H2,1-2H3/b26-18-,33-30?. The smallest absolute Gasteiger partial charge is 0.283 e. The Morgan fingerprint density at radius 3 is 2.68 bits per heavy atom. The molecule has 0 aliphatic carbocycles. The van der Waals surface area contributed by atoms with Crippen molar-refractivity contribution in [3.8, 4) is 11.5 Å². The van der Waals surface area contributed by atoms with Crippen molar-refractivity contribution in [3.05, 3.63) is 101 Å². The summed E-state index contributed by atoms with van der Waals surface area (Å²) in [6.07, 6.45) is 4.58. The Morgan fingerprint density at radius 2 is 1.83 bits per heavy atom. The molecule has 1 N–H and O–H groups in total. The van der Waals surface area contributed by atoms with Crippen LogP contribution in [0.25, 0.3) is 17.0 Å². The van der Waals surface area contributed by atoms with Crippen molar-refractivity contribution in [3.63, 3.8) is 0 Å². The highest BCUT2D eigenvalue weighted by atomic mass is 32.2. The number of aryl methyl sites for hydroxylation is 3. The van der Waals surface area contributed by atoms with Crippen LogP contribution in [0.4, 0.5) is 0 Å². The lowest BCUT2D eigenvalue weighted by molar-refractivity contribution is -0.114. The Hall–Kier alpha value is -4.63. The minimum atomic E-state index is -0.451. The maximum atomic E-state index is 13.1. The van der Waals surface area contributed by atoms with Gasteiger partial charge >= 0.3 is 0 Å². The number of nitrogens with one attached hydrogen (secondary N) is 1. The third-order valence-corrected chi connectivity index (χ3v) is 7.74. The van der Waals surface area contributed by atoms with Crippen LogP contribution in [0.15, 0.2) is 94.7 Å². The Labute approximate surface area is 242 Å². The second kappa shape index (κ2) is 11.5. The maximum absolute atomic E-state index is 13.1. The van der Waals surface area contributed by atoms with Gasteiger partial charge in [-0.25, -0.2) is 0 Å². The van der Waals surface area contributed by atoms with Crippen molar-refractivity contribution in [1.82, 2.24) is 9.58 Å². The number of amidine groups is 2. The highest BCUT2D eigenvalue weighted by Crippen LogP contribution is 2.31. The van der Waals surface area contributed by atoms with Gasteiger partial charge in [-0.3, -0.25) is 10.2 Å². The van der Waals surface area contributed by atoms with E-state index >= 15 is 0 Å². The lowest BCUT2D eigenvalue weighted by Gasteiger charge is -2.20. The van der Waals surface area contributed by atoms with E-state index < -0.39 is 5.91 Å². The zero-order valence-electron chi connectivity index (χ0n) is 22.8. The number of carbonyl (C=O) groups is 1. The number of nitrogens with zero attached hydrogens (tertiary/aromatic N) is 4. The number of rotatable bonds is 9. The van der Waals surface area contributed by atoms with Crippen molar-refractivity contribution in [2.75, 3.05) is 13.2 Å². The van der Waals surface area contributed by atoms with E-state index in [1.165, 1.54) is 22.3 Å². The first-order chi connectivity index (χ1) is 20.0. The molecular formula is C32H29N5O3S. The molecule has 9 heteroatoms. The van der Waals surface area contributed by atoms with Gasteiger partial charge in [0.1, 0.15) is 23.1 Å². The number of carbonyl (C=O) groups excluding carboxylic acids is 1. The average Bonchev–Trinajstić information content (AvgIpc) is 3.54. The first kappa shape index (κ1) is 26.6.